The summed E-state index contributed by atoms with van der Waals surface area (Å²) in [4.78, 5) is 0. The maximum atomic E-state index is 9.77. The Bertz CT molecular complexity index is 386. The molecule has 126 valence electrons. The molecule has 0 radical (unpaired) electrons. The molecule has 0 heterocycles. The minimum atomic E-state index is -0.520. The van der Waals surface area contributed by atoms with Crippen molar-refractivity contribution in [2.24, 2.45) is 0 Å². The van der Waals surface area contributed by atoms with Gasteiger partial charge < -0.3 is 24.6 Å². The van der Waals surface area contributed by atoms with Gasteiger partial charge in [0, 0.05) is 17.0 Å². The molecular weight excluding hydrogens is 397 g/mol. The molecule has 0 fully saturated rings. The molecule has 0 aliphatic rings. The number of alkyl halides is 1. The molecule has 1 aromatic carbocycles. The second kappa shape index (κ2) is 11.9. The third-order valence-corrected chi connectivity index (χ3v) is 3.19. The molecule has 0 aromatic heterocycles. The number of benzene rings is 1. The lowest BCUT2D eigenvalue weighted by Gasteiger charge is -2.15. The van der Waals surface area contributed by atoms with Crippen molar-refractivity contribution < 1.29 is 19.3 Å². The lowest BCUT2D eigenvalue weighted by Crippen LogP contribution is -2.35. The SMILES string of the molecule is CC(C)NCC(O)COc1ccc(OCCOCCI)cc1. The maximum absolute atomic E-state index is 9.77. The van der Waals surface area contributed by atoms with Crippen molar-refractivity contribution in [2.75, 3.05) is 37.4 Å². The third kappa shape index (κ3) is 9.45. The summed E-state index contributed by atoms with van der Waals surface area (Å²) in [7, 11) is 0. The van der Waals surface area contributed by atoms with E-state index in [9.17, 15) is 5.11 Å². The van der Waals surface area contributed by atoms with Crippen molar-refractivity contribution in [1.82, 2.24) is 5.32 Å². The molecule has 0 spiro atoms. The van der Waals surface area contributed by atoms with Gasteiger partial charge in [-0.2, -0.15) is 0 Å². The van der Waals surface area contributed by atoms with Gasteiger partial charge in [-0.3, -0.25) is 0 Å². The van der Waals surface area contributed by atoms with Gasteiger partial charge in [-0.1, -0.05) is 36.4 Å². The highest BCUT2D eigenvalue weighted by molar-refractivity contribution is 14.1. The second-order valence-corrected chi connectivity index (χ2v) is 6.23. The number of nitrogens with one attached hydrogen (secondary N) is 1. The van der Waals surface area contributed by atoms with Crippen molar-refractivity contribution in [3.63, 3.8) is 0 Å². The van der Waals surface area contributed by atoms with Crippen LogP contribution in [0.25, 0.3) is 0 Å². The minimum absolute atomic E-state index is 0.268. The molecule has 0 aliphatic heterocycles. The van der Waals surface area contributed by atoms with Gasteiger partial charge in [0.1, 0.15) is 30.8 Å². The van der Waals surface area contributed by atoms with Crippen LogP contribution in [0.2, 0.25) is 0 Å². The van der Waals surface area contributed by atoms with Crippen molar-refractivity contribution in [2.45, 2.75) is 26.0 Å². The summed E-state index contributed by atoms with van der Waals surface area (Å²) in [6.45, 7) is 6.76. The van der Waals surface area contributed by atoms with Crippen LogP contribution >= 0.6 is 22.6 Å². The predicted molar refractivity (Wildman–Crippen MR) is 96.3 cm³/mol. The van der Waals surface area contributed by atoms with Gasteiger partial charge in [0.25, 0.3) is 0 Å². The first-order valence-corrected chi connectivity index (χ1v) is 9.05. The number of hydrogen-bond donors (Lipinski definition) is 2. The lowest BCUT2D eigenvalue weighted by atomic mass is 10.3. The quantitative estimate of drug-likeness (QED) is 0.307. The van der Waals surface area contributed by atoms with E-state index in [0.29, 0.717) is 25.8 Å². The molecule has 1 aromatic rings. The largest absolute Gasteiger partial charge is 0.491 e. The van der Waals surface area contributed by atoms with Gasteiger partial charge in [0.15, 0.2) is 0 Å². The fourth-order valence-electron chi connectivity index (χ4n) is 1.63. The van der Waals surface area contributed by atoms with E-state index >= 15 is 0 Å². The first-order valence-electron chi connectivity index (χ1n) is 7.52. The van der Waals surface area contributed by atoms with Crippen LogP contribution in [0.4, 0.5) is 0 Å². The van der Waals surface area contributed by atoms with Crippen LogP contribution in [-0.2, 0) is 4.74 Å². The van der Waals surface area contributed by atoms with Gasteiger partial charge in [-0.15, -0.1) is 0 Å². The molecule has 6 heteroatoms. The summed E-state index contributed by atoms with van der Waals surface area (Å²) in [5.74, 6) is 1.50. The number of aliphatic hydroxyl groups excluding tert-OH is 1. The number of halogens is 1. The summed E-state index contributed by atoms with van der Waals surface area (Å²) < 4.78 is 17.4. The molecule has 0 saturated heterocycles. The first kappa shape index (κ1) is 19.5. The van der Waals surface area contributed by atoms with E-state index in [1.54, 1.807) is 0 Å². The van der Waals surface area contributed by atoms with E-state index in [1.165, 1.54) is 0 Å². The van der Waals surface area contributed by atoms with Crippen LogP contribution in [0.1, 0.15) is 13.8 Å². The van der Waals surface area contributed by atoms with Crippen molar-refractivity contribution >= 4 is 22.6 Å². The summed E-state index contributed by atoms with van der Waals surface area (Å²) in [6, 6.07) is 7.73. The predicted octanol–water partition coefficient (Wildman–Crippen LogP) is 2.25. The molecule has 0 amide bonds. The summed E-state index contributed by atoms with van der Waals surface area (Å²) in [5, 5.41) is 12.9. The van der Waals surface area contributed by atoms with Crippen molar-refractivity contribution in [3.05, 3.63) is 24.3 Å². The fraction of sp³-hybridized carbons (Fsp3) is 0.625. The fourth-order valence-corrected chi connectivity index (χ4v) is 1.94. The van der Waals surface area contributed by atoms with E-state index in [1.807, 2.05) is 38.1 Å². The van der Waals surface area contributed by atoms with Crippen LogP contribution in [0.5, 0.6) is 11.5 Å². The lowest BCUT2D eigenvalue weighted by molar-refractivity contribution is 0.104. The molecule has 1 unspecified atom stereocenters. The molecule has 1 rings (SSSR count). The first-order chi connectivity index (χ1) is 10.6. The van der Waals surface area contributed by atoms with E-state index < -0.39 is 6.10 Å². The standard InChI is InChI=1S/C16H26INO4/c1-13(2)18-11-14(19)12-22-16-5-3-15(4-6-16)21-10-9-20-8-7-17/h3-6,13-14,18-19H,7-12H2,1-2H3. The van der Waals surface area contributed by atoms with Gasteiger partial charge in [-0.05, 0) is 24.3 Å². The molecule has 1 atom stereocenters. The number of aliphatic hydroxyl groups is 1. The number of hydrogen-bond acceptors (Lipinski definition) is 5. The zero-order valence-corrected chi connectivity index (χ0v) is 15.4. The van der Waals surface area contributed by atoms with E-state index in [-0.39, 0.29) is 6.61 Å². The van der Waals surface area contributed by atoms with Crippen LogP contribution in [0.15, 0.2) is 24.3 Å². The zero-order valence-electron chi connectivity index (χ0n) is 13.3. The highest BCUT2D eigenvalue weighted by atomic mass is 127. The summed E-state index contributed by atoms with van der Waals surface area (Å²) in [5.41, 5.74) is 0. The molecule has 0 saturated carbocycles. The average molecular weight is 423 g/mol. The monoisotopic (exact) mass is 423 g/mol. The van der Waals surface area contributed by atoms with Gasteiger partial charge >= 0.3 is 0 Å². The van der Waals surface area contributed by atoms with Gasteiger partial charge in [-0.25, -0.2) is 0 Å². The molecule has 0 aliphatic carbocycles. The molecule has 22 heavy (non-hydrogen) atoms. The molecule has 0 bridgehead atoms. The molecule has 5 nitrogen and oxygen atoms in total. The Balaban J connectivity index is 2.21. The Hall–Kier alpha value is -0.570. The molecule has 2 N–H and O–H groups in total. The van der Waals surface area contributed by atoms with E-state index in [0.717, 1.165) is 22.5 Å². The average Bonchev–Trinajstić information content (AvgIpc) is 2.52. The van der Waals surface area contributed by atoms with E-state index in [4.69, 9.17) is 14.2 Å². The minimum Gasteiger partial charge on any atom is -0.491 e. The Kier molecular flexibility index (Phi) is 10.6. The van der Waals surface area contributed by atoms with Gasteiger partial charge in [0.05, 0.1) is 13.2 Å². The highest BCUT2D eigenvalue weighted by Gasteiger charge is 2.06. The van der Waals surface area contributed by atoms with Crippen molar-refractivity contribution in [1.29, 1.82) is 0 Å². The third-order valence-electron chi connectivity index (χ3n) is 2.75. The van der Waals surface area contributed by atoms with Crippen LogP contribution in [0.3, 0.4) is 0 Å². The Labute approximate surface area is 146 Å². The highest BCUT2D eigenvalue weighted by Crippen LogP contribution is 2.17. The second-order valence-electron chi connectivity index (χ2n) is 5.15. The summed E-state index contributed by atoms with van der Waals surface area (Å²) >= 11 is 2.27. The normalized spacial score (nSPS) is 12.4. The van der Waals surface area contributed by atoms with Crippen molar-refractivity contribution in [3.8, 4) is 11.5 Å². The van der Waals surface area contributed by atoms with Crippen LogP contribution in [0, 0.1) is 0 Å². The Morgan fingerprint density at radius 3 is 2.27 bits per heavy atom. The molecular formula is C16H26INO4. The van der Waals surface area contributed by atoms with Crippen LogP contribution < -0.4 is 14.8 Å². The zero-order chi connectivity index (χ0) is 16.2. The topological polar surface area (TPSA) is 60.0 Å². The van der Waals surface area contributed by atoms with E-state index in [2.05, 4.69) is 27.9 Å². The maximum Gasteiger partial charge on any atom is 0.119 e. The van der Waals surface area contributed by atoms with Gasteiger partial charge in [0.2, 0.25) is 0 Å². The number of rotatable bonds is 12. The Morgan fingerprint density at radius 1 is 1.05 bits per heavy atom. The number of ether oxygens (including phenoxy) is 3. The summed E-state index contributed by atoms with van der Waals surface area (Å²) in [6.07, 6.45) is -0.520. The van der Waals surface area contributed by atoms with Crippen LogP contribution in [-0.4, -0.2) is 54.7 Å². The Morgan fingerprint density at radius 2 is 1.68 bits per heavy atom. The smallest absolute Gasteiger partial charge is 0.119 e.